The van der Waals surface area contributed by atoms with Crippen LogP contribution in [0.2, 0.25) is 0 Å². The Morgan fingerprint density at radius 3 is 2.50 bits per heavy atom. The third-order valence-corrected chi connectivity index (χ3v) is 4.92. The number of hydrogen-bond acceptors (Lipinski definition) is 2. The molecule has 0 spiro atoms. The fraction of sp³-hybridized carbons (Fsp3) is 0.667. The normalized spacial score (nSPS) is 16.5. The Hall–Kier alpha value is -1.58. The van der Waals surface area contributed by atoms with Crippen LogP contribution in [0.5, 0.6) is 0 Å². The molecule has 1 unspecified atom stereocenters. The van der Waals surface area contributed by atoms with Crippen LogP contribution in [0.15, 0.2) is 12.3 Å². The number of hydrogen-bond donors (Lipinski definition) is 0. The Morgan fingerprint density at radius 1 is 1.18 bits per heavy atom. The molecule has 2 aromatic heterocycles. The monoisotopic (exact) mass is 300 g/mol. The first-order valence-corrected chi connectivity index (χ1v) is 8.56. The number of aromatic nitrogens is 4. The molecule has 0 bridgehead atoms. The summed E-state index contributed by atoms with van der Waals surface area (Å²) in [6.45, 7) is 12.0. The highest BCUT2D eigenvalue weighted by molar-refractivity contribution is 5.26. The Morgan fingerprint density at radius 2 is 1.91 bits per heavy atom. The molecule has 3 rings (SSSR count). The van der Waals surface area contributed by atoms with E-state index in [0.717, 1.165) is 13.0 Å². The summed E-state index contributed by atoms with van der Waals surface area (Å²) in [5, 5.41) is 9.55. The summed E-state index contributed by atoms with van der Waals surface area (Å²) in [6, 6.07) is 2.86. The molecule has 2 aromatic rings. The summed E-state index contributed by atoms with van der Waals surface area (Å²) in [7, 11) is 0. The molecule has 1 fully saturated rings. The first-order chi connectivity index (χ1) is 10.5. The van der Waals surface area contributed by atoms with Crippen LogP contribution in [0.1, 0.15) is 80.6 Å². The highest BCUT2D eigenvalue weighted by atomic mass is 15.3. The van der Waals surface area contributed by atoms with Gasteiger partial charge in [0, 0.05) is 24.4 Å². The van der Waals surface area contributed by atoms with E-state index in [1.54, 1.807) is 0 Å². The topological polar surface area (TPSA) is 35.6 Å². The summed E-state index contributed by atoms with van der Waals surface area (Å²) in [5.74, 6) is 0.970. The van der Waals surface area contributed by atoms with Gasteiger partial charge in [-0.1, -0.05) is 20.8 Å². The lowest BCUT2D eigenvalue weighted by atomic mass is 10.0. The minimum atomic E-state index is 0.478. The third kappa shape index (κ3) is 2.96. The van der Waals surface area contributed by atoms with Crippen molar-refractivity contribution in [2.45, 2.75) is 78.3 Å². The summed E-state index contributed by atoms with van der Waals surface area (Å²) in [4.78, 5) is 0. The van der Waals surface area contributed by atoms with E-state index in [1.807, 2.05) is 0 Å². The molecule has 4 nitrogen and oxygen atoms in total. The fourth-order valence-corrected chi connectivity index (χ4v) is 3.05. The molecule has 2 heterocycles. The van der Waals surface area contributed by atoms with E-state index in [2.05, 4.69) is 56.2 Å². The Kier molecular flexibility index (Phi) is 4.11. The summed E-state index contributed by atoms with van der Waals surface area (Å²) in [6.07, 6.45) is 5.81. The van der Waals surface area contributed by atoms with Crippen LogP contribution < -0.4 is 0 Å². The molecule has 120 valence electrons. The fourth-order valence-electron chi connectivity index (χ4n) is 3.05. The molecular weight excluding hydrogens is 272 g/mol. The van der Waals surface area contributed by atoms with E-state index in [0.29, 0.717) is 17.9 Å². The highest BCUT2D eigenvalue weighted by Gasteiger charge is 2.24. The minimum Gasteiger partial charge on any atom is -0.269 e. The van der Waals surface area contributed by atoms with Crippen molar-refractivity contribution in [3.63, 3.8) is 0 Å². The molecule has 0 aliphatic heterocycles. The molecule has 1 atom stereocenters. The standard InChI is InChI=1S/C18H28N4/c1-12(2)18-14(4)15(5)21(20-18)10-8-13(3)17-9-11-22(19-17)16-6-7-16/h9,11-13,16H,6-8,10H2,1-5H3. The van der Waals surface area contributed by atoms with Crippen LogP contribution in [-0.2, 0) is 6.54 Å². The van der Waals surface area contributed by atoms with Crippen molar-refractivity contribution in [3.05, 3.63) is 34.9 Å². The molecule has 4 heteroatoms. The number of rotatable bonds is 6. The molecule has 22 heavy (non-hydrogen) atoms. The summed E-state index contributed by atoms with van der Waals surface area (Å²) in [5.41, 5.74) is 5.11. The summed E-state index contributed by atoms with van der Waals surface area (Å²) < 4.78 is 4.32. The van der Waals surface area contributed by atoms with E-state index >= 15 is 0 Å². The maximum atomic E-state index is 4.81. The predicted molar refractivity (Wildman–Crippen MR) is 89.3 cm³/mol. The Bertz CT molecular complexity index is 646. The first kappa shape index (κ1) is 15.3. The van der Waals surface area contributed by atoms with E-state index in [1.165, 1.54) is 35.5 Å². The summed E-state index contributed by atoms with van der Waals surface area (Å²) >= 11 is 0. The average Bonchev–Trinajstić information content (AvgIpc) is 3.15. The first-order valence-electron chi connectivity index (χ1n) is 8.56. The van der Waals surface area contributed by atoms with E-state index in [9.17, 15) is 0 Å². The lowest BCUT2D eigenvalue weighted by Crippen LogP contribution is -2.07. The van der Waals surface area contributed by atoms with Gasteiger partial charge in [0.2, 0.25) is 0 Å². The molecule has 0 aromatic carbocycles. The molecule has 1 saturated carbocycles. The van der Waals surface area contributed by atoms with Crippen molar-refractivity contribution in [2.24, 2.45) is 0 Å². The number of nitrogens with zero attached hydrogens (tertiary/aromatic N) is 4. The van der Waals surface area contributed by atoms with Gasteiger partial charge in [-0.15, -0.1) is 0 Å². The lowest BCUT2D eigenvalue weighted by Gasteiger charge is -2.10. The Labute approximate surface area is 133 Å². The second-order valence-corrected chi connectivity index (χ2v) is 7.12. The maximum Gasteiger partial charge on any atom is 0.0681 e. The molecule has 0 radical (unpaired) electrons. The average molecular weight is 300 g/mol. The molecule has 1 aliphatic carbocycles. The lowest BCUT2D eigenvalue weighted by molar-refractivity contribution is 0.505. The maximum absolute atomic E-state index is 4.81. The predicted octanol–water partition coefficient (Wildman–Crippen LogP) is 4.35. The zero-order chi connectivity index (χ0) is 15.9. The van der Waals surface area contributed by atoms with Crippen LogP contribution in [0.3, 0.4) is 0 Å². The van der Waals surface area contributed by atoms with Gasteiger partial charge >= 0.3 is 0 Å². The van der Waals surface area contributed by atoms with Gasteiger partial charge in [0.25, 0.3) is 0 Å². The van der Waals surface area contributed by atoms with Crippen molar-refractivity contribution >= 4 is 0 Å². The smallest absolute Gasteiger partial charge is 0.0681 e. The highest BCUT2D eigenvalue weighted by Crippen LogP contribution is 2.34. The molecule has 0 amide bonds. The zero-order valence-corrected chi connectivity index (χ0v) is 14.5. The van der Waals surface area contributed by atoms with Gasteiger partial charge < -0.3 is 0 Å². The largest absolute Gasteiger partial charge is 0.269 e. The zero-order valence-electron chi connectivity index (χ0n) is 14.5. The van der Waals surface area contributed by atoms with Gasteiger partial charge in [-0.2, -0.15) is 10.2 Å². The second kappa shape index (κ2) is 5.90. The van der Waals surface area contributed by atoms with Crippen LogP contribution in [0.25, 0.3) is 0 Å². The molecule has 0 N–H and O–H groups in total. The van der Waals surface area contributed by atoms with Crippen molar-refractivity contribution in [3.8, 4) is 0 Å². The van der Waals surface area contributed by atoms with Crippen molar-refractivity contribution in [2.75, 3.05) is 0 Å². The van der Waals surface area contributed by atoms with Crippen LogP contribution in [-0.4, -0.2) is 19.6 Å². The van der Waals surface area contributed by atoms with Gasteiger partial charge in [0.1, 0.15) is 0 Å². The van der Waals surface area contributed by atoms with Gasteiger partial charge in [-0.25, -0.2) is 0 Å². The van der Waals surface area contributed by atoms with Gasteiger partial charge in [-0.3, -0.25) is 9.36 Å². The van der Waals surface area contributed by atoms with Gasteiger partial charge in [0.15, 0.2) is 0 Å². The van der Waals surface area contributed by atoms with Crippen LogP contribution in [0, 0.1) is 13.8 Å². The molecule has 1 aliphatic rings. The van der Waals surface area contributed by atoms with E-state index in [-0.39, 0.29) is 0 Å². The minimum absolute atomic E-state index is 0.478. The van der Waals surface area contributed by atoms with Crippen LogP contribution in [0.4, 0.5) is 0 Å². The van der Waals surface area contributed by atoms with Crippen molar-refractivity contribution < 1.29 is 0 Å². The quantitative estimate of drug-likeness (QED) is 0.795. The second-order valence-electron chi connectivity index (χ2n) is 7.12. The molecular formula is C18H28N4. The molecule has 0 saturated heterocycles. The van der Waals surface area contributed by atoms with E-state index in [4.69, 9.17) is 10.2 Å². The van der Waals surface area contributed by atoms with Gasteiger partial charge in [-0.05, 0) is 50.7 Å². The van der Waals surface area contributed by atoms with Crippen molar-refractivity contribution in [1.82, 2.24) is 19.6 Å². The number of aryl methyl sites for hydroxylation is 1. The van der Waals surface area contributed by atoms with Crippen molar-refractivity contribution in [1.29, 1.82) is 0 Å². The third-order valence-electron chi connectivity index (χ3n) is 4.92. The SMILES string of the molecule is Cc1c(C(C)C)nn(CCC(C)c2ccn(C3CC3)n2)c1C. The Balaban J connectivity index is 1.65. The van der Waals surface area contributed by atoms with Crippen LogP contribution >= 0.6 is 0 Å². The van der Waals surface area contributed by atoms with E-state index < -0.39 is 0 Å². The van der Waals surface area contributed by atoms with Gasteiger partial charge in [0.05, 0.1) is 17.4 Å².